The van der Waals surface area contributed by atoms with Crippen LogP contribution in [0.5, 0.6) is 0 Å². The van der Waals surface area contributed by atoms with E-state index in [-0.39, 0.29) is 12.8 Å². The van der Waals surface area contributed by atoms with Gasteiger partial charge in [-0.25, -0.2) is 4.79 Å². The molecule has 2 N–H and O–H groups in total. The van der Waals surface area contributed by atoms with E-state index >= 15 is 0 Å². The van der Waals surface area contributed by atoms with Crippen molar-refractivity contribution in [3.05, 3.63) is 0 Å². The van der Waals surface area contributed by atoms with Crippen molar-refractivity contribution in [1.29, 1.82) is 0 Å². The average Bonchev–Trinajstić information content (AvgIpc) is 3.00. The Hall–Kier alpha value is -1.67. The van der Waals surface area contributed by atoms with Crippen LogP contribution in [0.25, 0.3) is 0 Å². The molecule has 0 radical (unpaired) electrons. The first kappa shape index (κ1) is 14.9. The molecule has 4 rings (SSSR count). The SMILES string of the molecule is CC(C)(C)[C@]1(O)C[C@@H]2OC(=O)CC23C(=O)O[C@@H]2OC(=O)[C@@H](O)C231. The Balaban J connectivity index is 2.05. The number of hydrogen-bond donors (Lipinski definition) is 2. The molecule has 4 fully saturated rings. The molecule has 8 nitrogen and oxygen atoms in total. The molecule has 3 saturated heterocycles. The zero-order valence-corrected chi connectivity index (χ0v) is 13.0. The molecule has 0 amide bonds. The molecule has 8 heteroatoms. The normalized spacial score (nSPS) is 51.0. The van der Waals surface area contributed by atoms with Gasteiger partial charge in [-0.05, 0) is 5.41 Å². The maximum absolute atomic E-state index is 12.6. The largest absolute Gasteiger partial charge is 0.461 e. The molecule has 3 heterocycles. The highest BCUT2D eigenvalue weighted by atomic mass is 16.7. The topological polar surface area (TPSA) is 119 Å². The fourth-order valence-electron chi connectivity index (χ4n) is 5.15. The third-order valence-corrected chi connectivity index (χ3v) is 6.22. The summed E-state index contributed by atoms with van der Waals surface area (Å²) in [5.74, 6) is -2.36. The van der Waals surface area contributed by atoms with Crippen LogP contribution in [-0.2, 0) is 28.6 Å². The number of rotatable bonds is 0. The monoisotopic (exact) mass is 326 g/mol. The number of ether oxygens (including phenoxy) is 3. The Kier molecular flexibility index (Phi) is 2.39. The summed E-state index contributed by atoms with van der Waals surface area (Å²) in [5, 5.41) is 22.2. The minimum Gasteiger partial charge on any atom is -0.461 e. The molecule has 0 aromatic rings. The summed E-state index contributed by atoms with van der Waals surface area (Å²) in [6.07, 6.45) is -4.58. The fourth-order valence-corrected chi connectivity index (χ4v) is 5.15. The minimum absolute atomic E-state index is 0.0679. The Morgan fingerprint density at radius 3 is 2.39 bits per heavy atom. The van der Waals surface area contributed by atoms with E-state index in [1.807, 2.05) is 0 Å². The van der Waals surface area contributed by atoms with Gasteiger partial charge in [-0.3, -0.25) is 9.59 Å². The summed E-state index contributed by atoms with van der Waals surface area (Å²) >= 11 is 0. The summed E-state index contributed by atoms with van der Waals surface area (Å²) in [6.45, 7) is 5.19. The number of aliphatic hydroxyl groups is 2. The first-order valence-electron chi connectivity index (χ1n) is 7.54. The molecule has 23 heavy (non-hydrogen) atoms. The van der Waals surface area contributed by atoms with Gasteiger partial charge >= 0.3 is 17.9 Å². The summed E-state index contributed by atoms with van der Waals surface area (Å²) < 4.78 is 15.5. The molecule has 2 spiro atoms. The van der Waals surface area contributed by atoms with Gasteiger partial charge in [0.2, 0.25) is 0 Å². The van der Waals surface area contributed by atoms with Crippen LogP contribution in [0.4, 0.5) is 0 Å². The summed E-state index contributed by atoms with van der Waals surface area (Å²) in [4.78, 5) is 36.5. The van der Waals surface area contributed by atoms with Crippen LogP contribution in [0.2, 0.25) is 0 Å². The van der Waals surface area contributed by atoms with E-state index in [9.17, 15) is 24.6 Å². The van der Waals surface area contributed by atoms with Crippen molar-refractivity contribution >= 4 is 17.9 Å². The van der Waals surface area contributed by atoms with E-state index in [0.717, 1.165) is 0 Å². The van der Waals surface area contributed by atoms with Gasteiger partial charge in [0.25, 0.3) is 6.29 Å². The smallest absolute Gasteiger partial charge is 0.339 e. The first-order chi connectivity index (χ1) is 10.5. The maximum Gasteiger partial charge on any atom is 0.339 e. The lowest BCUT2D eigenvalue weighted by Crippen LogP contribution is -2.65. The number of carbonyl (C=O) groups is 3. The molecule has 0 bridgehead atoms. The van der Waals surface area contributed by atoms with E-state index < -0.39 is 58.3 Å². The number of aliphatic hydroxyl groups excluding tert-OH is 1. The molecular weight excluding hydrogens is 308 g/mol. The van der Waals surface area contributed by atoms with Crippen LogP contribution in [0.15, 0.2) is 0 Å². The second-order valence-corrected chi connectivity index (χ2v) is 7.89. The van der Waals surface area contributed by atoms with Gasteiger partial charge in [-0.1, -0.05) is 20.8 Å². The number of hydrogen-bond acceptors (Lipinski definition) is 8. The molecule has 1 saturated carbocycles. The molecule has 3 aliphatic heterocycles. The highest BCUT2D eigenvalue weighted by Gasteiger charge is 2.92. The summed E-state index contributed by atoms with van der Waals surface area (Å²) in [6, 6.07) is 0. The lowest BCUT2D eigenvalue weighted by atomic mass is 9.52. The van der Waals surface area contributed by atoms with Gasteiger partial charge in [-0.2, -0.15) is 0 Å². The summed E-state index contributed by atoms with van der Waals surface area (Å²) in [7, 11) is 0. The van der Waals surface area contributed by atoms with Crippen molar-refractivity contribution in [2.45, 2.75) is 57.7 Å². The van der Waals surface area contributed by atoms with Crippen LogP contribution >= 0.6 is 0 Å². The van der Waals surface area contributed by atoms with Crippen molar-refractivity contribution in [1.82, 2.24) is 0 Å². The molecule has 0 aromatic carbocycles. The van der Waals surface area contributed by atoms with Gasteiger partial charge in [0.1, 0.15) is 16.9 Å². The van der Waals surface area contributed by atoms with Gasteiger partial charge in [-0.15, -0.1) is 0 Å². The third kappa shape index (κ3) is 1.20. The van der Waals surface area contributed by atoms with E-state index in [1.54, 1.807) is 20.8 Å². The third-order valence-electron chi connectivity index (χ3n) is 6.22. The molecular formula is C15H18O8. The standard InChI is InChI=1S/C15H18O8/c1-12(2,3)14(20)4-6-13(5-7(16)21-6)10(19)23-11-15(13,14)8(17)9(18)22-11/h6,8,11,17,20H,4-5H2,1-3H3/t6-,8+,11-,13?,14+,15?/m0/s1. The predicted molar refractivity (Wildman–Crippen MR) is 70.4 cm³/mol. The predicted octanol–water partition coefficient (Wildman–Crippen LogP) is -0.744. The molecule has 126 valence electrons. The van der Waals surface area contributed by atoms with Crippen molar-refractivity contribution in [2.24, 2.45) is 16.2 Å². The second kappa shape index (κ2) is 3.70. The van der Waals surface area contributed by atoms with Crippen molar-refractivity contribution in [2.75, 3.05) is 0 Å². The molecule has 6 atom stereocenters. The molecule has 1 aliphatic carbocycles. The zero-order valence-electron chi connectivity index (χ0n) is 13.0. The Labute approximate surface area is 131 Å². The fraction of sp³-hybridized carbons (Fsp3) is 0.800. The zero-order chi connectivity index (χ0) is 17.0. The van der Waals surface area contributed by atoms with Crippen LogP contribution in [0.1, 0.15) is 33.6 Å². The quantitative estimate of drug-likeness (QED) is 0.558. The Morgan fingerprint density at radius 1 is 1.13 bits per heavy atom. The first-order valence-corrected chi connectivity index (χ1v) is 7.54. The van der Waals surface area contributed by atoms with Gasteiger partial charge < -0.3 is 24.4 Å². The van der Waals surface area contributed by atoms with Crippen molar-refractivity contribution < 1.29 is 38.8 Å². The molecule has 2 unspecified atom stereocenters. The Bertz CT molecular complexity index is 650. The number of esters is 3. The minimum atomic E-state index is -1.78. The maximum atomic E-state index is 12.6. The van der Waals surface area contributed by atoms with E-state index in [1.165, 1.54) is 0 Å². The molecule has 4 aliphatic rings. The highest BCUT2D eigenvalue weighted by molar-refractivity contribution is 5.94. The van der Waals surface area contributed by atoms with E-state index in [0.29, 0.717) is 0 Å². The Morgan fingerprint density at radius 2 is 1.78 bits per heavy atom. The van der Waals surface area contributed by atoms with Gasteiger partial charge in [0.15, 0.2) is 6.10 Å². The highest BCUT2D eigenvalue weighted by Crippen LogP contribution is 2.75. The van der Waals surface area contributed by atoms with Crippen molar-refractivity contribution in [3.63, 3.8) is 0 Å². The van der Waals surface area contributed by atoms with Crippen LogP contribution in [0.3, 0.4) is 0 Å². The van der Waals surface area contributed by atoms with Crippen LogP contribution < -0.4 is 0 Å². The van der Waals surface area contributed by atoms with E-state index in [2.05, 4.69) is 0 Å². The second-order valence-electron chi connectivity index (χ2n) is 7.89. The van der Waals surface area contributed by atoms with E-state index in [4.69, 9.17) is 14.2 Å². The van der Waals surface area contributed by atoms with Crippen molar-refractivity contribution in [3.8, 4) is 0 Å². The lowest BCUT2D eigenvalue weighted by Gasteiger charge is -2.49. The number of carbonyl (C=O) groups excluding carboxylic acids is 3. The molecule has 0 aromatic heterocycles. The van der Waals surface area contributed by atoms with Gasteiger partial charge in [0, 0.05) is 6.42 Å². The lowest BCUT2D eigenvalue weighted by molar-refractivity contribution is -0.224. The van der Waals surface area contributed by atoms with Gasteiger partial charge in [0.05, 0.1) is 12.0 Å². The van der Waals surface area contributed by atoms with Crippen LogP contribution in [-0.4, -0.2) is 52.2 Å². The van der Waals surface area contributed by atoms with Crippen LogP contribution in [0, 0.1) is 16.2 Å². The summed E-state index contributed by atoms with van der Waals surface area (Å²) in [5.41, 5.74) is -5.91. The average molecular weight is 326 g/mol.